The summed E-state index contributed by atoms with van der Waals surface area (Å²) >= 11 is 3.69. The van der Waals surface area contributed by atoms with Gasteiger partial charge in [-0.15, -0.1) is 0 Å². The summed E-state index contributed by atoms with van der Waals surface area (Å²) in [6, 6.07) is 11.5. The second kappa shape index (κ2) is 9.21. The number of benzene rings is 2. The molecular formula is C18H21BrN2O2Se. The van der Waals surface area contributed by atoms with Gasteiger partial charge in [0.2, 0.25) is 0 Å². The molecule has 0 aromatic heterocycles. The van der Waals surface area contributed by atoms with Gasteiger partial charge in [0.1, 0.15) is 0 Å². The fourth-order valence-corrected chi connectivity index (χ4v) is 5.56. The molecule has 0 spiro atoms. The molecule has 0 radical (unpaired) electrons. The van der Waals surface area contributed by atoms with Gasteiger partial charge in [0.15, 0.2) is 0 Å². The minimum absolute atomic E-state index is 0.126. The van der Waals surface area contributed by atoms with Gasteiger partial charge < -0.3 is 0 Å². The summed E-state index contributed by atoms with van der Waals surface area (Å²) in [4.78, 5) is 11.1. The Morgan fingerprint density at radius 3 is 2.75 bits per heavy atom. The van der Waals surface area contributed by atoms with E-state index in [1.54, 1.807) is 12.1 Å². The molecule has 0 aliphatic rings. The SMILES string of the molecule is CCCC[Se]c1c(CNc2ccc(C)cc2Br)cccc1[N+](=O)[O-]. The van der Waals surface area contributed by atoms with Crippen molar-refractivity contribution in [2.75, 3.05) is 5.32 Å². The second-order valence-corrected chi connectivity index (χ2v) is 8.73. The number of nitrogens with zero attached hydrogens (tertiary/aromatic N) is 1. The molecule has 0 amide bonds. The molecule has 2 rings (SSSR count). The Bertz CT molecular complexity index is 722. The third kappa shape index (κ3) is 5.07. The van der Waals surface area contributed by atoms with E-state index in [1.165, 1.54) is 5.56 Å². The van der Waals surface area contributed by atoms with Gasteiger partial charge in [-0.05, 0) is 0 Å². The Morgan fingerprint density at radius 2 is 2.08 bits per heavy atom. The average molecular weight is 456 g/mol. The first-order valence-electron chi connectivity index (χ1n) is 7.92. The number of nitro benzene ring substituents is 1. The van der Waals surface area contributed by atoms with Gasteiger partial charge in [0.05, 0.1) is 0 Å². The van der Waals surface area contributed by atoms with Gasteiger partial charge in [-0.1, -0.05) is 0 Å². The van der Waals surface area contributed by atoms with Crippen molar-refractivity contribution in [3.8, 4) is 0 Å². The predicted octanol–water partition coefficient (Wildman–Crippen LogP) is 4.83. The molecule has 0 aliphatic heterocycles. The summed E-state index contributed by atoms with van der Waals surface area (Å²) in [5.74, 6) is 0. The molecule has 0 aliphatic carbocycles. The number of nitro groups is 1. The molecule has 0 fully saturated rings. The van der Waals surface area contributed by atoms with Gasteiger partial charge in [0.25, 0.3) is 0 Å². The molecule has 0 atom stereocenters. The molecular weight excluding hydrogens is 435 g/mol. The van der Waals surface area contributed by atoms with Crippen molar-refractivity contribution in [2.24, 2.45) is 0 Å². The van der Waals surface area contributed by atoms with E-state index >= 15 is 0 Å². The summed E-state index contributed by atoms with van der Waals surface area (Å²) in [6.45, 7) is 4.78. The monoisotopic (exact) mass is 456 g/mol. The summed E-state index contributed by atoms with van der Waals surface area (Å²) in [5.41, 5.74) is 3.46. The Morgan fingerprint density at radius 1 is 1.29 bits per heavy atom. The fraction of sp³-hybridized carbons (Fsp3) is 0.333. The number of halogens is 1. The third-order valence-electron chi connectivity index (χ3n) is 3.61. The Hall–Kier alpha value is -1.36. The topological polar surface area (TPSA) is 55.2 Å². The number of nitrogens with one attached hydrogen (secondary N) is 1. The Balaban J connectivity index is 2.21. The molecule has 1 N–H and O–H groups in total. The summed E-state index contributed by atoms with van der Waals surface area (Å²) in [6.07, 6.45) is 2.23. The molecule has 2 aromatic rings. The summed E-state index contributed by atoms with van der Waals surface area (Å²) in [5, 5.41) is 15.8. The normalized spacial score (nSPS) is 10.6. The molecule has 0 bridgehead atoms. The van der Waals surface area contributed by atoms with Gasteiger partial charge in [-0.25, -0.2) is 0 Å². The number of hydrogen-bond acceptors (Lipinski definition) is 3. The molecule has 128 valence electrons. The van der Waals surface area contributed by atoms with Gasteiger partial charge in [0, 0.05) is 0 Å². The Labute approximate surface area is 157 Å². The van der Waals surface area contributed by atoms with E-state index in [4.69, 9.17) is 0 Å². The van der Waals surface area contributed by atoms with Crippen molar-refractivity contribution in [1.82, 2.24) is 0 Å². The average Bonchev–Trinajstić information content (AvgIpc) is 2.54. The van der Waals surface area contributed by atoms with E-state index in [1.807, 2.05) is 25.1 Å². The van der Waals surface area contributed by atoms with Crippen LogP contribution < -0.4 is 9.78 Å². The maximum atomic E-state index is 11.4. The number of anilines is 1. The van der Waals surface area contributed by atoms with E-state index < -0.39 is 0 Å². The van der Waals surface area contributed by atoms with Gasteiger partial charge in [-0.3, -0.25) is 0 Å². The molecule has 0 saturated carbocycles. The maximum absolute atomic E-state index is 11.4. The van der Waals surface area contributed by atoms with Crippen molar-refractivity contribution in [3.63, 3.8) is 0 Å². The van der Waals surface area contributed by atoms with Crippen LogP contribution >= 0.6 is 15.9 Å². The molecule has 24 heavy (non-hydrogen) atoms. The first-order chi connectivity index (χ1) is 11.5. The zero-order valence-corrected chi connectivity index (χ0v) is 17.1. The first-order valence-corrected chi connectivity index (χ1v) is 10.8. The standard InChI is InChI=1S/C18H21BrN2O2Se/c1-3-4-10-24-18-14(6-5-7-17(18)21(22)23)12-20-16-9-8-13(2)11-15(16)19/h5-9,11,20H,3-4,10,12H2,1-2H3. The van der Waals surface area contributed by atoms with Crippen LogP contribution in [0.4, 0.5) is 11.4 Å². The molecule has 0 heterocycles. The van der Waals surface area contributed by atoms with E-state index in [-0.39, 0.29) is 25.6 Å². The number of aryl methyl sites for hydroxylation is 1. The molecule has 2 aromatic carbocycles. The van der Waals surface area contributed by atoms with E-state index in [2.05, 4.69) is 34.2 Å². The van der Waals surface area contributed by atoms with Crippen molar-refractivity contribution in [2.45, 2.75) is 38.6 Å². The number of rotatable bonds is 8. The van der Waals surface area contributed by atoms with Crippen LogP contribution in [0.15, 0.2) is 40.9 Å². The van der Waals surface area contributed by atoms with Crippen molar-refractivity contribution >= 4 is 46.7 Å². The number of hydrogen-bond donors (Lipinski definition) is 1. The summed E-state index contributed by atoms with van der Waals surface area (Å²) in [7, 11) is 0. The minimum atomic E-state index is -0.256. The zero-order valence-electron chi connectivity index (χ0n) is 13.8. The second-order valence-electron chi connectivity index (χ2n) is 5.56. The quantitative estimate of drug-likeness (QED) is 0.268. The predicted molar refractivity (Wildman–Crippen MR) is 104 cm³/mol. The fourth-order valence-electron chi connectivity index (χ4n) is 2.29. The van der Waals surface area contributed by atoms with Crippen LogP contribution in [0.5, 0.6) is 0 Å². The molecule has 0 unspecified atom stereocenters. The first kappa shape index (κ1) is 19.0. The van der Waals surface area contributed by atoms with Crippen LogP contribution in [0, 0.1) is 17.0 Å². The van der Waals surface area contributed by atoms with Crippen LogP contribution in [-0.2, 0) is 6.54 Å². The van der Waals surface area contributed by atoms with Crippen LogP contribution in [0.1, 0.15) is 30.9 Å². The van der Waals surface area contributed by atoms with Gasteiger partial charge >= 0.3 is 158 Å². The summed E-state index contributed by atoms with van der Waals surface area (Å²) < 4.78 is 1.92. The van der Waals surface area contributed by atoms with E-state index in [0.717, 1.165) is 38.3 Å². The van der Waals surface area contributed by atoms with Crippen LogP contribution in [0.2, 0.25) is 5.32 Å². The molecule has 4 nitrogen and oxygen atoms in total. The van der Waals surface area contributed by atoms with Crippen LogP contribution in [0.3, 0.4) is 0 Å². The van der Waals surface area contributed by atoms with Crippen LogP contribution in [0.25, 0.3) is 0 Å². The van der Waals surface area contributed by atoms with Crippen molar-refractivity contribution < 1.29 is 4.92 Å². The van der Waals surface area contributed by atoms with Crippen LogP contribution in [-0.4, -0.2) is 19.9 Å². The number of unbranched alkanes of at least 4 members (excludes halogenated alkanes) is 1. The Kier molecular flexibility index (Phi) is 7.28. The van der Waals surface area contributed by atoms with Crippen molar-refractivity contribution in [3.05, 3.63) is 62.1 Å². The zero-order chi connectivity index (χ0) is 17.5. The molecule has 6 heteroatoms. The van der Waals surface area contributed by atoms with Crippen molar-refractivity contribution in [1.29, 1.82) is 0 Å². The third-order valence-corrected chi connectivity index (χ3v) is 6.90. The van der Waals surface area contributed by atoms with Gasteiger partial charge in [-0.2, -0.15) is 0 Å². The molecule has 0 saturated heterocycles. The van der Waals surface area contributed by atoms with E-state index in [9.17, 15) is 10.1 Å². The van der Waals surface area contributed by atoms with E-state index in [0.29, 0.717) is 6.54 Å².